The van der Waals surface area contributed by atoms with Crippen LogP contribution in [0.2, 0.25) is 0 Å². The van der Waals surface area contributed by atoms with Gasteiger partial charge in [-0.15, -0.1) is 0 Å². The lowest BCUT2D eigenvalue weighted by Crippen LogP contribution is -2.43. The SMILES string of the molecule is CCNC(=NCC(c1ccc(C)o1)N1CCOCC1)NCCNC(=O)C1CC1. The fourth-order valence-electron chi connectivity index (χ4n) is 3.28. The second-order valence-electron chi connectivity index (χ2n) is 7.32. The van der Waals surface area contributed by atoms with Crippen LogP contribution in [-0.4, -0.2) is 69.2 Å². The van der Waals surface area contributed by atoms with E-state index in [1.807, 2.05) is 26.0 Å². The predicted molar refractivity (Wildman–Crippen MR) is 108 cm³/mol. The molecule has 1 aliphatic heterocycles. The van der Waals surface area contributed by atoms with Crippen molar-refractivity contribution in [3.8, 4) is 0 Å². The van der Waals surface area contributed by atoms with Crippen molar-refractivity contribution in [3.05, 3.63) is 23.7 Å². The van der Waals surface area contributed by atoms with Crippen LogP contribution in [0, 0.1) is 12.8 Å². The first-order chi connectivity index (χ1) is 13.7. The summed E-state index contributed by atoms with van der Waals surface area (Å²) in [6, 6.07) is 4.12. The number of guanidine groups is 1. The number of nitrogens with one attached hydrogen (secondary N) is 3. The molecule has 1 saturated heterocycles. The Morgan fingerprint density at radius 3 is 2.61 bits per heavy atom. The van der Waals surface area contributed by atoms with Gasteiger partial charge in [-0.1, -0.05) is 0 Å². The zero-order chi connectivity index (χ0) is 19.8. The van der Waals surface area contributed by atoms with Crippen LogP contribution in [0.5, 0.6) is 0 Å². The average Bonchev–Trinajstić information content (AvgIpc) is 3.48. The Hall–Kier alpha value is -2.06. The lowest BCUT2D eigenvalue weighted by atomic mass is 10.1. The molecule has 8 heteroatoms. The first-order valence-corrected chi connectivity index (χ1v) is 10.4. The van der Waals surface area contributed by atoms with Crippen LogP contribution in [0.4, 0.5) is 0 Å². The molecule has 2 heterocycles. The molecule has 3 N–H and O–H groups in total. The summed E-state index contributed by atoms with van der Waals surface area (Å²) in [5, 5.41) is 9.54. The van der Waals surface area contributed by atoms with Gasteiger partial charge in [0.15, 0.2) is 5.96 Å². The highest BCUT2D eigenvalue weighted by molar-refractivity contribution is 5.81. The average molecular weight is 392 g/mol. The molecule has 8 nitrogen and oxygen atoms in total. The summed E-state index contributed by atoms with van der Waals surface area (Å²) in [5.41, 5.74) is 0. The van der Waals surface area contributed by atoms with Crippen molar-refractivity contribution in [1.29, 1.82) is 0 Å². The van der Waals surface area contributed by atoms with E-state index in [4.69, 9.17) is 14.1 Å². The molecule has 1 aromatic rings. The number of aryl methyl sites for hydroxylation is 1. The van der Waals surface area contributed by atoms with E-state index in [2.05, 4.69) is 20.9 Å². The van der Waals surface area contributed by atoms with Crippen molar-refractivity contribution in [2.24, 2.45) is 10.9 Å². The smallest absolute Gasteiger partial charge is 0.223 e. The van der Waals surface area contributed by atoms with Gasteiger partial charge in [0.2, 0.25) is 5.91 Å². The third-order valence-corrected chi connectivity index (χ3v) is 5.01. The van der Waals surface area contributed by atoms with Gasteiger partial charge >= 0.3 is 0 Å². The third kappa shape index (κ3) is 6.24. The Kier molecular flexibility index (Phi) is 7.73. The summed E-state index contributed by atoms with van der Waals surface area (Å²) in [6.45, 7) is 9.84. The van der Waals surface area contributed by atoms with Crippen LogP contribution in [0.25, 0.3) is 0 Å². The molecule has 0 aromatic carbocycles. The molecule has 3 rings (SSSR count). The van der Waals surface area contributed by atoms with Crippen molar-refractivity contribution >= 4 is 11.9 Å². The molecule has 0 spiro atoms. The van der Waals surface area contributed by atoms with Crippen molar-refractivity contribution in [3.63, 3.8) is 0 Å². The molecule has 1 atom stereocenters. The first-order valence-electron chi connectivity index (χ1n) is 10.4. The molecular formula is C20H33N5O3. The highest BCUT2D eigenvalue weighted by Crippen LogP contribution is 2.28. The van der Waals surface area contributed by atoms with E-state index in [1.165, 1.54) is 0 Å². The second kappa shape index (κ2) is 10.5. The summed E-state index contributed by atoms with van der Waals surface area (Å²) in [7, 11) is 0. The number of nitrogens with zero attached hydrogens (tertiary/aromatic N) is 2. The van der Waals surface area contributed by atoms with E-state index >= 15 is 0 Å². The van der Waals surface area contributed by atoms with E-state index in [0.29, 0.717) is 19.6 Å². The number of aliphatic imine (C=N–C) groups is 1. The Labute approximate surface area is 167 Å². The van der Waals surface area contributed by atoms with E-state index in [9.17, 15) is 4.79 Å². The van der Waals surface area contributed by atoms with Crippen molar-refractivity contribution in [2.75, 3.05) is 52.5 Å². The van der Waals surface area contributed by atoms with E-state index in [-0.39, 0.29) is 17.9 Å². The molecule has 0 radical (unpaired) electrons. The summed E-state index contributed by atoms with van der Waals surface area (Å²) < 4.78 is 11.4. The fraction of sp³-hybridized carbons (Fsp3) is 0.700. The maximum atomic E-state index is 11.7. The number of hydrogen-bond donors (Lipinski definition) is 3. The van der Waals surface area contributed by atoms with E-state index in [0.717, 1.165) is 63.2 Å². The van der Waals surface area contributed by atoms with Gasteiger partial charge in [0.25, 0.3) is 0 Å². The molecule has 1 amide bonds. The highest BCUT2D eigenvalue weighted by atomic mass is 16.5. The number of furan rings is 1. The minimum Gasteiger partial charge on any atom is -0.465 e. The highest BCUT2D eigenvalue weighted by Gasteiger charge is 2.29. The maximum absolute atomic E-state index is 11.7. The Balaban J connectivity index is 1.56. The Bertz CT molecular complexity index is 650. The Morgan fingerprint density at radius 2 is 1.96 bits per heavy atom. The molecule has 1 aliphatic carbocycles. The number of carbonyl (C=O) groups is 1. The molecule has 1 saturated carbocycles. The van der Waals surface area contributed by atoms with Gasteiger partial charge in [-0.05, 0) is 38.8 Å². The number of ether oxygens (including phenoxy) is 1. The molecule has 1 aromatic heterocycles. The molecule has 1 unspecified atom stereocenters. The first kappa shape index (κ1) is 20.7. The van der Waals surface area contributed by atoms with E-state index < -0.39 is 0 Å². The maximum Gasteiger partial charge on any atom is 0.223 e. The number of amides is 1. The van der Waals surface area contributed by atoms with Crippen LogP contribution >= 0.6 is 0 Å². The second-order valence-corrected chi connectivity index (χ2v) is 7.32. The van der Waals surface area contributed by atoms with Crippen molar-refractivity contribution < 1.29 is 13.9 Å². The van der Waals surface area contributed by atoms with Crippen LogP contribution in [0.15, 0.2) is 21.5 Å². The van der Waals surface area contributed by atoms with E-state index in [1.54, 1.807) is 0 Å². The molecule has 156 valence electrons. The standard InChI is InChI=1S/C20H33N5O3/c1-3-21-20(23-9-8-22-19(26)16-5-6-16)24-14-17(18-7-4-15(2)28-18)25-10-12-27-13-11-25/h4,7,16-17H,3,5-6,8-14H2,1-2H3,(H,22,26)(H2,21,23,24). The summed E-state index contributed by atoms with van der Waals surface area (Å²) in [4.78, 5) is 18.9. The molecule has 2 aliphatic rings. The zero-order valence-electron chi connectivity index (χ0n) is 17.0. The van der Waals surface area contributed by atoms with Gasteiger partial charge in [0.05, 0.1) is 25.8 Å². The lowest BCUT2D eigenvalue weighted by molar-refractivity contribution is -0.122. The van der Waals surface area contributed by atoms with Gasteiger partial charge in [-0.25, -0.2) is 0 Å². The summed E-state index contributed by atoms with van der Waals surface area (Å²) >= 11 is 0. The van der Waals surface area contributed by atoms with Gasteiger partial charge < -0.3 is 25.1 Å². The van der Waals surface area contributed by atoms with Crippen molar-refractivity contribution in [2.45, 2.75) is 32.7 Å². The monoisotopic (exact) mass is 391 g/mol. The van der Waals surface area contributed by atoms with Gasteiger partial charge in [-0.2, -0.15) is 0 Å². The summed E-state index contributed by atoms with van der Waals surface area (Å²) in [5.74, 6) is 3.02. The molecule has 0 bridgehead atoms. The van der Waals surface area contributed by atoms with Crippen LogP contribution in [0.3, 0.4) is 0 Å². The quantitative estimate of drug-likeness (QED) is 0.331. The minimum absolute atomic E-state index is 0.0858. The van der Waals surface area contributed by atoms with Gasteiger partial charge in [0, 0.05) is 38.6 Å². The van der Waals surface area contributed by atoms with Gasteiger partial charge in [-0.3, -0.25) is 14.7 Å². The zero-order valence-corrected chi connectivity index (χ0v) is 17.0. The number of carbonyl (C=O) groups excluding carboxylic acids is 1. The van der Waals surface area contributed by atoms with Crippen molar-refractivity contribution in [1.82, 2.24) is 20.9 Å². The fourth-order valence-corrected chi connectivity index (χ4v) is 3.28. The van der Waals surface area contributed by atoms with Crippen LogP contribution in [0.1, 0.15) is 37.3 Å². The van der Waals surface area contributed by atoms with Crippen LogP contribution in [-0.2, 0) is 9.53 Å². The van der Waals surface area contributed by atoms with Crippen LogP contribution < -0.4 is 16.0 Å². The van der Waals surface area contributed by atoms with Gasteiger partial charge in [0.1, 0.15) is 11.5 Å². The Morgan fingerprint density at radius 1 is 1.21 bits per heavy atom. The number of morpholine rings is 1. The predicted octanol–water partition coefficient (Wildman–Crippen LogP) is 1.04. The minimum atomic E-state index is 0.0858. The topological polar surface area (TPSA) is 91.1 Å². The molecule has 28 heavy (non-hydrogen) atoms. The lowest BCUT2D eigenvalue weighted by Gasteiger charge is -2.32. The summed E-state index contributed by atoms with van der Waals surface area (Å²) in [6.07, 6.45) is 2.05. The number of rotatable bonds is 9. The number of hydrogen-bond acceptors (Lipinski definition) is 5. The molecule has 2 fully saturated rings. The normalized spacial score (nSPS) is 19.3. The molecular weight excluding hydrogens is 358 g/mol. The third-order valence-electron chi connectivity index (χ3n) is 5.01. The largest absolute Gasteiger partial charge is 0.465 e.